The van der Waals surface area contributed by atoms with E-state index in [0.717, 1.165) is 61.6 Å². The topological polar surface area (TPSA) is 68.8 Å². The Labute approximate surface area is 128 Å². The number of nitrogens with one attached hydrogen (secondary N) is 1. The molecule has 6 nitrogen and oxygen atoms in total. The normalized spacial score (nSPS) is 17.7. The van der Waals surface area contributed by atoms with E-state index in [1.807, 2.05) is 28.9 Å². The summed E-state index contributed by atoms with van der Waals surface area (Å²) in [5.74, 6) is 1.93. The average molecular weight is 297 g/mol. The molecule has 0 radical (unpaired) electrons. The fourth-order valence-electron chi connectivity index (χ4n) is 2.98. The lowest BCUT2D eigenvalue weighted by Crippen LogP contribution is -2.38. The van der Waals surface area contributed by atoms with Crippen LogP contribution in [0, 0.1) is 0 Å². The third-order valence-corrected chi connectivity index (χ3v) is 4.14. The van der Waals surface area contributed by atoms with E-state index in [0.29, 0.717) is 6.04 Å². The predicted octanol–water partition coefficient (Wildman–Crippen LogP) is 1.96. The van der Waals surface area contributed by atoms with Gasteiger partial charge in [-0.2, -0.15) is 5.10 Å². The first kappa shape index (κ1) is 13.5. The maximum absolute atomic E-state index is 5.73. The Bertz CT molecular complexity index is 730. The summed E-state index contributed by atoms with van der Waals surface area (Å²) in [6.45, 7) is 1.88. The van der Waals surface area contributed by atoms with Crippen molar-refractivity contribution in [2.45, 2.75) is 38.3 Å². The van der Waals surface area contributed by atoms with Gasteiger partial charge in [-0.1, -0.05) is 12.1 Å². The molecule has 6 heteroatoms. The van der Waals surface area contributed by atoms with E-state index in [1.165, 1.54) is 0 Å². The van der Waals surface area contributed by atoms with Crippen molar-refractivity contribution < 1.29 is 4.42 Å². The standard InChI is InChI=1S/C16H19N5O/c1-2-5-14-13(4-1)20-16(22-14)6-3-9-17-12-7-8-15-18-11-19-21(15)10-12/h1-2,4-5,11-12,17H,3,6-10H2. The highest BCUT2D eigenvalue weighted by Crippen LogP contribution is 2.16. The number of nitrogens with zero attached hydrogens (tertiary/aromatic N) is 4. The summed E-state index contributed by atoms with van der Waals surface area (Å²) >= 11 is 0. The molecule has 22 heavy (non-hydrogen) atoms. The van der Waals surface area contributed by atoms with Gasteiger partial charge in [0.2, 0.25) is 0 Å². The summed E-state index contributed by atoms with van der Waals surface area (Å²) in [5, 5.41) is 7.85. The number of rotatable bonds is 5. The summed E-state index contributed by atoms with van der Waals surface area (Å²) in [7, 11) is 0. The minimum absolute atomic E-state index is 0.484. The van der Waals surface area contributed by atoms with Gasteiger partial charge in [-0.3, -0.25) is 0 Å². The number of oxazole rings is 1. The van der Waals surface area contributed by atoms with Gasteiger partial charge in [-0.05, 0) is 31.5 Å². The van der Waals surface area contributed by atoms with Gasteiger partial charge in [-0.25, -0.2) is 14.6 Å². The van der Waals surface area contributed by atoms with Crippen LogP contribution < -0.4 is 5.32 Å². The molecule has 0 bridgehead atoms. The van der Waals surface area contributed by atoms with E-state index in [4.69, 9.17) is 4.42 Å². The molecule has 1 aliphatic rings. The molecule has 1 unspecified atom stereocenters. The number of aryl methyl sites for hydroxylation is 2. The van der Waals surface area contributed by atoms with E-state index >= 15 is 0 Å². The Morgan fingerprint density at radius 1 is 1.32 bits per heavy atom. The molecule has 1 aliphatic heterocycles. The Kier molecular flexibility index (Phi) is 3.60. The number of para-hydroxylation sites is 2. The first-order chi connectivity index (χ1) is 10.9. The molecule has 0 saturated heterocycles. The molecule has 1 N–H and O–H groups in total. The molecule has 0 fully saturated rings. The lowest BCUT2D eigenvalue weighted by molar-refractivity contribution is 0.356. The van der Waals surface area contributed by atoms with Crippen LogP contribution in [0.15, 0.2) is 35.0 Å². The van der Waals surface area contributed by atoms with Crippen LogP contribution in [0.3, 0.4) is 0 Å². The number of benzene rings is 1. The van der Waals surface area contributed by atoms with Gasteiger partial charge < -0.3 is 9.73 Å². The lowest BCUT2D eigenvalue weighted by Gasteiger charge is -2.23. The molecule has 0 saturated carbocycles. The summed E-state index contributed by atoms with van der Waals surface area (Å²) in [6.07, 6.45) is 5.66. The number of aromatic nitrogens is 4. The van der Waals surface area contributed by atoms with Gasteiger partial charge in [0.05, 0.1) is 6.54 Å². The van der Waals surface area contributed by atoms with Crippen LogP contribution in [0.4, 0.5) is 0 Å². The van der Waals surface area contributed by atoms with Crippen molar-refractivity contribution in [1.82, 2.24) is 25.1 Å². The van der Waals surface area contributed by atoms with E-state index in [-0.39, 0.29) is 0 Å². The number of fused-ring (bicyclic) bond motifs is 2. The first-order valence-corrected chi connectivity index (χ1v) is 7.83. The van der Waals surface area contributed by atoms with Gasteiger partial charge in [0.15, 0.2) is 11.5 Å². The summed E-state index contributed by atoms with van der Waals surface area (Å²) < 4.78 is 7.74. The van der Waals surface area contributed by atoms with Crippen molar-refractivity contribution in [1.29, 1.82) is 0 Å². The molecule has 0 amide bonds. The van der Waals surface area contributed by atoms with E-state index in [9.17, 15) is 0 Å². The van der Waals surface area contributed by atoms with Crippen LogP contribution >= 0.6 is 0 Å². The minimum atomic E-state index is 0.484. The molecule has 3 aromatic rings. The second-order valence-corrected chi connectivity index (χ2v) is 5.73. The van der Waals surface area contributed by atoms with Gasteiger partial charge in [-0.15, -0.1) is 0 Å². The third-order valence-electron chi connectivity index (χ3n) is 4.14. The van der Waals surface area contributed by atoms with Crippen LogP contribution in [0.5, 0.6) is 0 Å². The van der Waals surface area contributed by atoms with Crippen molar-refractivity contribution in [2.75, 3.05) is 6.54 Å². The number of hydrogen-bond donors (Lipinski definition) is 1. The Morgan fingerprint density at radius 2 is 2.27 bits per heavy atom. The van der Waals surface area contributed by atoms with E-state index in [1.54, 1.807) is 6.33 Å². The van der Waals surface area contributed by atoms with Gasteiger partial charge in [0.25, 0.3) is 0 Å². The Balaban J connectivity index is 1.26. The molecular weight excluding hydrogens is 278 g/mol. The van der Waals surface area contributed by atoms with Crippen LogP contribution in [0.2, 0.25) is 0 Å². The second-order valence-electron chi connectivity index (χ2n) is 5.73. The van der Waals surface area contributed by atoms with Crippen molar-refractivity contribution in [2.24, 2.45) is 0 Å². The zero-order valence-corrected chi connectivity index (χ0v) is 12.4. The lowest BCUT2D eigenvalue weighted by atomic mass is 10.1. The van der Waals surface area contributed by atoms with E-state index in [2.05, 4.69) is 20.4 Å². The van der Waals surface area contributed by atoms with Gasteiger partial charge in [0.1, 0.15) is 17.7 Å². The number of hydrogen-bond acceptors (Lipinski definition) is 5. The minimum Gasteiger partial charge on any atom is -0.441 e. The van der Waals surface area contributed by atoms with Crippen molar-refractivity contribution in [3.05, 3.63) is 42.3 Å². The van der Waals surface area contributed by atoms with Crippen molar-refractivity contribution >= 4 is 11.1 Å². The molecule has 0 spiro atoms. The highest BCUT2D eigenvalue weighted by Gasteiger charge is 2.18. The zero-order valence-electron chi connectivity index (χ0n) is 12.4. The summed E-state index contributed by atoms with van der Waals surface area (Å²) in [4.78, 5) is 8.75. The van der Waals surface area contributed by atoms with Crippen LogP contribution in [0.1, 0.15) is 24.6 Å². The molecule has 3 heterocycles. The molecule has 2 aromatic heterocycles. The Hall–Kier alpha value is -2.21. The van der Waals surface area contributed by atoms with Gasteiger partial charge >= 0.3 is 0 Å². The monoisotopic (exact) mass is 297 g/mol. The maximum atomic E-state index is 5.73. The zero-order chi connectivity index (χ0) is 14.8. The summed E-state index contributed by atoms with van der Waals surface area (Å²) in [6, 6.07) is 8.39. The fourth-order valence-corrected chi connectivity index (χ4v) is 2.98. The van der Waals surface area contributed by atoms with Crippen LogP contribution in [-0.2, 0) is 19.4 Å². The molecule has 1 aromatic carbocycles. The maximum Gasteiger partial charge on any atom is 0.195 e. The quantitative estimate of drug-likeness (QED) is 0.729. The predicted molar refractivity (Wildman–Crippen MR) is 82.5 cm³/mol. The highest BCUT2D eigenvalue weighted by atomic mass is 16.3. The van der Waals surface area contributed by atoms with Crippen LogP contribution in [0.25, 0.3) is 11.1 Å². The first-order valence-electron chi connectivity index (χ1n) is 7.83. The second kappa shape index (κ2) is 5.88. The smallest absolute Gasteiger partial charge is 0.195 e. The highest BCUT2D eigenvalue weighted by molar-refractivity contribution is 5.72. The fraction of sp³-hybridized carbons (Fsp3) is 0.438. The molecule has 114 valence electrons. The van der Waals surface area contributed by atoms with Crippen molar-refractivity contribution in [3.63, 3.8) is 0 Å². The SMILES string of the molecule is c1ccc2oc(CCCNC3CCc4ncnn4C3)nc2c1. The molecule has 0 aliphatic carbocycles. The van der Waals surface area contributed by atoms with Crippen LogP contribution in [-0.4, -0.2) is 32.3 Å². The molecular formula is C16H19N5O. The average Bonchev–Trinajstić information content (AvgIpc) is 3.17. The largest absolute Gasteiger partial charge is 0.441 e. The summed E-state index contributed by atoms with van der Waals surface area (Å²) in [5.41, 5.74) is 1.81. The van der Waals surface area contributed by atoms with E-state index < -0.39 is 0 Å². The molecule has 4 rings (SSSR count). The van der Waals surface area contributed by atoms with Gasteiger partial charge in [0, 0.05) is 18.9 Å². The Morgan fingerprint density at radius 3 is 3.23 bits per heavy atom. The van der Waals surface area contributed by atoms with Crippen molar-refractivity contribution in [3.8, 4) is 0 Å². The molecule has 1 atom stereocenters. The third kappa shape index (κ3) is 2.74.